The molecule has 0 aliphatic carbocycles. The minimum atomic E-state index is -1.97. The van der Waals surface area contributed by atoms with Crippen LogP contribution in [0.2, 0.25) is 0 Å². The van der Waals surface area contributed by atoms with Crippen molar-refractivity contribution in [2.45, 2.75) is 12.6 Å². The predicted octanol–water partition coefficient (Wildman–Crippen LogP) is 3.20. The summed E-state index contributed by atoms with van der Waals surface area (Å²) in [6.45, 7) is 5.15. The minimum absolute atomic E-state index is 0.384. The fourth-order valence-corrected chi connectivity index (χ4v) is 1.27. The second-order valence-corrected chi connectivity index (χ2v) is 3.21. The van der Waals surface area contributed by atoms with E-state index in [-0.39, 0.29) is 0 Å². The zero-order chi connectivity index (χ0) is 10.6. The molecule has 0 bridgehead atoms. The monoisotopic (exact) mass is 189 g/mol. The molecule has 1 rings (SSSR count). The van der Waals surface area contributed by atoms with Gasteiger partial charge in [-0.25, -0.2) is 4.39 Å². The van der Waals surface area contributed by atoms with Crippen LogP contribution in [0.1, 0.15) is 12.5 Å². The van der Waals surface area contributed by atoms with Gasteiger partial charge in [-0.2, -0.15) is 5.26 Å². The molecular formula is C12H12FN. The van der Waals surface area contributed by atoms with Crippen LogP contribution in [0.3, 0.4) is 0 Å². The standard InChI is InChI=1S/C12H12FN/c1-3-10(2)12(13,9-14)11-7-5-4-6-8-11/h3-8,10H,1H2,2H3. The quantitative estimate of drug-likeness (QED) is 0.670. The van der Waals surface area contributed by atoms with Gasteiger partial charge in [0.25, 0.3) is 0 Å². The van der Waals surface area contributed by atoms with E-state index < -0.39 is 11.6 Å². The maximum Gasteiger partial charge on any atom is 0.227 e. The van der Waals surface area contributed by atoms with Gasteiger partial charge in [-0.3, -0.25) is 0 Å². The van der Waals surface area contributed by atoms with Crippen LogP contribution in [0.15, 0.2) is 43.0 Å². The average molecular weight is 189 g/mol. The van der Waals surface area contributed by atoms with E-state index >= 15 is 0 Å². The van der Waals surface area contributed by atoms with Crippen LogP contribution in [0.5, 0.6) is 0 Å². The van der Waals surface area contributed by atoms with Gasteiger partial charge in [0.1, 0.15) is 6.07 Å². The highest BCUT2D eigenvalue weighted by Gasteiger charge is 2.36. The van der Waals surface area contributed by atoms with Crippen molar-refractivity contribution in [2.75, 3.05) is 0 Å². The molecule has 0 saturated carbocycles. The topological polar surface area (TPSA) is 23.8 Å². The molecule has 0 fully saturated rings. The van der Waals surface area contributed by atoms with Gasteiger partial charge in [-0.1, -0.05) is 43.3 Å². The Balaban J connectivity index is 3.16. The van der Waals surface area contributed by atoms with Crippen molar-refractivity contribution < 1.29 is 4.39 Å². The summed E-state index contributed by atoms with van der Waals surface area (Å²) in [6, 6.07) is 10.2. The van der Waals surface area contributed by atoms with Crippen molar-refractivity contribution in [1.29, 1.82) is 5.26 Å². The molecule has 72 valence electrons. The Morgan fingerprint density at radius 3 is 2.50 bits per heavy atom. The second-order valence-electron chi connectivity index (χ2n) is 3.21. The first-order valence-electron chi connectivity index (χ1n) is 4.43. The van der Waals surface area contributed by atoms with E-state index in [1.165, 1.54) is 6.08 Å². The Morgan fingerprint density at radius 2 is 2.07 bits per heavy atom. The Kier molecular flexibility index (Phi) is 3.03. The molecule has 0 aliphatic heterocycles. The normalized spacial score (nSPS) is 16.4. The van der Waals surface area contributed by atoms with Crippen molar-refractivity contribution in [3.05, 3.63) is 48.6 Å². The van der Waals surface area contributed by atoms with Crippen molar-refractivity contribution in [2.24, 2.45) is 5.92 Å². The molecule has 2 heteroatoms. The van der Waals surface area contributed by atoms with E-state index in [0.717, 1.165) is 0 Å². The van der Waals surface area contributed by atoms with Crippen LogP contribution in [0.4, 0.5) is 4.39 Å². The molecule has 0 saturated heterocycles. The molecular weight excluding hydrogens is 177 g/mol. The number of alkyl halides is 1. The third-order valence-corrected chi connectivity index (χ3v) is 2.34. The highest BCUT2D eigenvalue weighted by molar-refractivity contribution is 5.30. The first-order valence-corrected chi connectivity index (χ1v) is 4.43. The maximum atomic E-state index is 14.2. The number of rotatable bonds is 3. The van der Waals surface area contributed by atoms with E-state index in [2.05, 4.69) is 6.58 Å². The van der Waals surface area contributed by atoms with Crippen LogP contribution in [-0.4, -0.2) is 0 Å². The van der Waals surface area contributed by atoms with E-state index in [0.29, 0.717) is 5.56 Å². The van der Waals surface area contributed by atoms with Gasteiger partial charge >= 0.3 is 0 Å². The molecule has 0 amide bonds. The van der Waals surface area contributed by atoms with Crippen molar-refractivity contribution in [1.82, 2.24) is 0 Å². The lowest BCUT2D eigenvalue weighted by molar-refractivity contribution is 0.188. The molecule has 0 spiro atoms. The number of hydrogen-bond donors (Lipinski definition) is 0. The van der Waals surface area contributed by atoms with Gasteiger partial charge in [0.2, 0.25) is 5.67 Å². The van der Waals surface area contributed by atoms with Crippen molar-refractivity contribution >= 4 is 0 Å². The first kappa shape index (κ1) is 10.5. The summed E-state index contributed by atoms with van der Waals surface area (Å²) in [4.78, 5) is 0. The second kappa shape index (κ2) is 4.06. The Labute approximate surface area is 83.5 Å². The Bertz CT molecular complexity index is 352. The lowest BCUT2D eigenvalue weighted by atomic mass is 9.85. The van der Waals surface area contributed by atoms with Crippen molar-refractivity contribution in [3.63, 3.8) is 0 Å². The van der Waals surface area contributed by atoms with Crippen LogP contribution < -0.4 is 0 Å². The molecule has 2 unspecified atom stereocenters. The SMILES string of the molecule is C=CC(C)C(F)(C#N)c1ccccc1. The molecule has 14 heavy (non-hydrogen) atoms. The molecule has 1 aromatic rings. The molecule has 1 nitrogen and oxygen atoms in total. The van der Waals surface area contributed by atoms with Crippen LogP contribution >= 0.6 is 0 Å². The van der Waals surface area contributed by atoms with E-state index in [9.17, 15) is 4.39 Å². The molecule has 0 aromatic heterocycles. The summed E-state index contributed by atoms with van der Waals surface area (Å²) in [5.41, 5.74) is -1.59. The summed E-state index contributed by atoms with van der Waals surface area (Å²) in [5, 5.41) is 8.87. The lowest BCUT2D eigenvalue weighted by Gasteiger charge is -2.22. The molecule has 0 heterocycles. The largest absolute Gasteiger partial charge is 0.227 e. The van der Waals surface area contributed by atoms with Crippen LogP contribution in [-0.2, 0) is 5.67 Å². The van der Waals surface area contributed by atoms with Gasteiger partial charge in [-0.15, -0.1) is 6.58 Å². The maximum absolute atomic E-state index is 14.2. The van der Waals surface area contributed by atoms with E-state index in [4.69, 9.17) is 5.26 Å². The molecule has 0 N–H and O–H groups in total. The zero-order valence-corrected chi connectivity index (χ0v) is 8.07. The minimum Gasteiger partial charge on any atom is -0.221 e. The van der Waals surface area contributed by atoms with Crippen LogP contribution in [0, 0.1) is 17.2 Å². The number of hydrogen-bond acceptors (Lipinski definition) is 1. The number of allylic oxidation sites excluding steroid dienone is 1. The third kappa shape index (κ3) is 1.67. The smallest absolute Gasteiger partial charge is 0.221 e. The average Bonchev–Trinajstić information content (AvgIpc) is 2.28. The summed E-state index contributed by atoms with van der Waals surface area (Å²) in [6.07, 6.45) is 1.45. The van der Waals surface area contributed by atoms with E-state index in [1.54, 1.807) is 43.3 Å². The Morgan fingerprint density at radius 1 is 1.50 bits per heavy atom. The highest BCUT2D eigenvalue weighted by atomic mass is 19.1. The fourth-order valence-electron chi connectivity index (χ4n) is 1.27. The first-order chi connectivity index (χ1) is 6.65. The summed E-state index contributed by atoms with van der Waals surface area (Å²) < 4.78 is 14.2. The van der Waals surface area contributed by atoms with Crippen molar-refractivity contribution in [3.8, 4) is 6.07 Å². The molecule has 0 aliphatic rings. The van der Waals surface area contributed by atoms with E-state index in [1.807, 2.05) is 0 Å². The van der Waals surface area contributed by atoms with Gasteiger partial charge in [0.15, 0.2) is 0 Å². The molecule has 0 radical (unpaired) electrons. The molecule has 1 aromatic carbocycles. The lowest BCUT2D eigenvalue weighted by Crippen LogP contribution is -2.25. The number of nitrogens with zero attached hydrogens (tertiary/aromatic N) is 1. The van der Waals surface area contributed by atoms with Gasteiger partial charge in [0, 0.05) is 11.5 Å². The van der Waals surface area contributed by atoms with Crippen LogP contribution in [0.25, 0.3) is 0 Å². The Hall–Kier alpha value is -1.62. The van der Waals surface area contributed by atoms with Gasteiger partial charge in [-0.05, 0) is 0 Å². The van der Waals surface area contributed by atoms with Gasteiger partial charge < -0.3 is 0 Å². The molecule has 2 atom stereocenters. The summed E-state index contributed by atoms with van der Waals surface area (Å²) in [7, 11) is 0. The summed E-state index contributed by atoms with van der Waals surface area (Å²) >= 11 is 0. The predicted molar refractivity (Wildman–Crippen MR) is 54.2 cm³/mol. The fraction of sp³-hybridized carbons (Fsp3) is 0.250. The third-order valence-electron chi connectivity index (χ3n) is 2.34. The number of halogens is 1. The van der Waals surface area contributed by atoms with Gasteiger partial charge in [0.05, 0.1) is 0 Å². The zero-order valence-electron chi connectivity index (χ0n) is 8.07. The summed E-state index contributed by atoms with van der Waals surface area (Å²) in [5.74, 6) is -0.519. The number of benzene rings is 1. The highest BCUT2D eigenvalue weighted by Crippen LogP contribution is 2.33. The number of nitriles is 1.